The van der Waals surface area contributed by atoms with Gasteiger partial charge in [0.25, 0.3) is 0 Å². The van der Waals surface area contributed by atoms with Crippen LogP contribution in [-0.2, 0) is 0 Å². The fourth-order valence-corrected chi connectivity index (χ4v) is 4.58. The van der Waals surface area contributed by atoms with Crippen molar-refractivity contribution in [3.8, 4) is 0 Å². The van der Waals surface area contributed by atoms with E-state index in [1.165, 1.54) is 12.8 Å². The van der Waals surface area contributed by atoms with E-state index >= 15 is 0 Å². The predicted octanol–water partition coefficient (Wildman–Crippen LogP) is -2.03. The third-order valence-corrected chi connectivity index (χ3v) is 6.31. The summed E-state index contributed by atoms with van der Waals surface area (Å²) >= 11 is 0. The van der Waals surface area contributed by atoms with E-state index < -0.39 is 5.79 Å². The lowest BCUT2D eigenvalue weighted by molar-refractivity contribution is -0.0440. The summed E-state index contributed by atoms with van der Waals surface area (Å²) in [4.78, 5) is 0. The summed E-state index contributed by atoms with van der Waals surface area (Å²) in [6.45, 7) is 4.15. The fourth-order valence-electron chi connectivity index (χ4n) is 4.58. The van der Waals surface area contributed by atoms with Gasteiger partial charge in [0.05, 0.1) is 18.5 Å². The highest BCUT2D eigenvalue weighted by Gasteiger charge is 2.44. The Hall–Kier alpha value is -0.360. The highest BCUT2D eigenvalue weighted by molar-refractivity contribution is 4.98. The van der Waals surface area contributed by atoms with E-state index in [4.69, 9.17) is 11.5 Å². The van der Waals surface area contributed by atoms with Gasteiger partial charge in [0.15, 0.2) is 0 Å². The molecule has 144 valence electrons. The largest absolute Gasteiger partial charge is 0.325 e. The van der Waals surface area contributed by atoms with Crippen molar-refractivity contribution in [1.82, 2.24) is 37.2 Å². The average molecular weight is 354 g/mol. The van der Waals surface area contributed by atoms with Gasteiger partial charge in [-0.05, 0) is 38.5 Å². The van der Waals surface area contributed by atoms with E-state index in [0.29, 0.717) is 12.2 Å². The van der Waals surface area contributed by atoms with E-state index in [-0.39, 0.29) is 24.3 Å². The van der Waals surface area contributed by atoms with Gasteiger partial charge >= 0.3 is 0 Å². The lowest BCUT2D eigenvalue weighted by atomic mass is 9.89. The molecule has 25 heavy (non-hydrogen) atoms. The summed E-state index contributed by atoms with van der Waals surface area (Å²) in [6, 6.07) is 0.504. The summed E-state index contributed by atoms with van der Waals surface area (Å²) in [5, 5.41) is 13.3. The van der Waals surface area contributed by atoms with Crippen LogP contribution in [0.4, 0.5) is 0 Å². The van der Waals surface area contributed by atoms with Crippen molar-refractivity contribution in [3.63, 3.8) is 0 Å². The highest BCUT2D eigenvalue weighted by Crippen LogP contribution is 2.24. The molecular weight excluding hydrogens is 318 g/mol. The maximum atomic E-state index is 6.79. The van der Waals surface area contributed by atoms with E-state index in [0.717, 1.165) is 38.8 Å². The van der Waals surface area contributed by atoms with E-state index in [9.17, 15) is 0 Å². The summed E-state index contributed by atoms with van der Waals surface area (Å²) < 4.78 is 0. The van der Waals surface area contributed by atoms with Gasteiger partial charge in [-0.25, -0.2) is 21.3 Å². The van der Waals surface area contributed by atoms with E-state index in [2.05, 4.69) is 44.2 Å². The topological polar surface area (TPSA) is 127 Å². The number of hydrogen-bond donors (Lipinski definition) is 8. The number of nitrogens with zero attached hydrogens (tertiary/aromatic N) is 1. The van der Waals surface area contributed by atoms with Crippen LogP contribution in [0.2, 0.25) is 0 Å². The number of piperidine rings is 3. The molecule has 0 saturated carbocycles. The van der Waals surface area contributed by atoms with Gasteiger partial charge in [0.1, 0.15) is 5.79 Å². The van der Waals surface area contributed by atoms with Crippen molar-refractivity contribution in [2.75, 3.05) is 13.1 Å². The first-order valence-corrected chi connectivity index (χ1v) is 9.90. The molecule has 0 aliphatic carbocycles. The zero-order valence-corrected chi connectivity index (χ0v) is 15.2. The number of hydrazine groups is 2. The number of hydrogen-bond acceptors (Lipinski definition) is 9. The molecule has 5 heterocycles. The second-order valence-electron chi connectivity index (χ2n) is 8.30. The molecule has 5 saturated heterocycles. The van der Waals surface area contributed by atoms with Crippen LogP contribution in [0.3, 0.4) is 0 Å². The minimum Gasteiger partial charge on any atom is -0.325 e. The minimum absolute atomic E-state index is 0.0118. The summed E-state index contributed by atoms with van der Waals surface area (Å²) in [5.74, 6) is -0.449. The summed E-state index contributed by atoms with van der Waals surface area (Å²) in [5.41, 5.74) is 23.6. The smallest absolute Gasteiger partial charge is 0.137 e. The SMILES string of the molecule is CC1CC(N)C2NNC3CCC(CN3)NC3CCCCN3NC1(N)N2. The average Bonchev–Trinajstić information content (AvgIpc) is 2.61. The molecule has 0 aromatic carbocycles. The van der Waals surface area contributed by atoms with E-state index in [1.54, 1.807) is 0 Å². The van der Waals surface area contributed by atoms with Crippen molar-refractivity contribution in [2.45, 2.75) is 81.8 Å². The quantitative estimate of drug-likeness (QED) is 0.249. The number of nitrogens with one attached hydrogen (secondary N) is 6. The van der Waals surface area contributed by atoms with Crippen LogP contribution in [0.25, 0.3) is 0 Å². The van der Waals surface area contributed by atoms with Gasteiger partial charge in [-0.2, -0.15) is 0 Å². The minimum atomic E-state index is -0.674. The second kappa shape index (κ2) is 7.34. The van der Waals surface area contributed by atoms with Gasteiger partial charge in [-0.1, -0.05) is 6.92 Å². The zero-order valence-electron chi connectivity index (χ0n) is 15.2. The Bertz CT molecular complexity index is 455. The standard InChI is InChI=1S/C16H35N9/c1-10-8-12(17)15-21-16(10,18)24-25-7-3-2-4-14(25)20-11-5-6-13(19-9-11)22-23-15/h10-15,19-24H,2-9,17-18H2,1H3. The van der Waals surface area contributed by atoms with Crippen molar-refractivity contribution < 1.29 is 0 Å². The third kappa shape index (κ3) is 3.85. The van der Waals surface area contributed by atoms with Gasteiger partial charge in [-0.3, -0.25) is 21.7 Å². The Morgan fingerprint density at radius 2 is 2.00 bits per heavy atom. The third-order valence-electron chi connectivity index (χ3n) is 6.31. The molecule has 0 radical (unpaired) electrons. The molecule has 4 bridgehead atoms. The van der Waals surface area contributed by atoms with Crippen LogP contribution in [0.15, 0.2) is 0 Å². The van der Waals surface area contributed by atoms with Crippen LogP contribution >= 0.6 is 0 Å². The van der Waals surface area contributed by atoms with Crippen LogP contribution < -0.4 is 43.7 Å². The number of rotatable bonds is 0. The Morgan fingerprint density at radius 1 is 1.12 bits per heavy atom. The van der Waals surface area contributed by atoms with Gasteiger partial charge in [-0.15, -0.1) is 0 Å². The maximum Gasteiger partial charge on any atom is 0.137 e. The van der Waals surface area contributed by atoms with Gasteiger partial charge in [0.2, 0.25) is 0 Å². The Morgan fingerprint density at radius 3 is 2.80 bits per heavy atom. The summed E-state index contributed by atoms with van der Waals surface area (Å²) in [7, 11) is 0. The van der Waals surface area contributed by atoms with Crippen molar-refractivity contribution in [2.24, 2.45) is 17.4 Å². The molecular formula is C16H35N9. The monoisotopic (exact) mass is 353 g/mol. The molecule has 5 rings (SSSR count). The molecule has 10 N–H and O–H groups in total. The van der Waals surface area contributed by atoms with Crippen molar-refractivity contribution in [3.05, 3.63) is 0 Å². The maximum absolute atomic E-state index is 6.79. The molecule has 5 fully saturated rings. The molecule has 5 aliphatic heterocycles. The molecule has 9 heteroatoms. The number of fused-ring (bicyclic) bond motifs is 3. The van der Waals surface area contributed by atoms with Gasteiger partial charge in [0, 0.05) is 31.1 Å². The second-order valence-corrected chi connectivity index (χ2v) is 8.30. The molecule has 0 spiro atoms. The molecule has 7 atom stereocenters. The van der Waals surface area contributed by atoms with Gasteiger partial charge < -0.3 is 5.73 Å². The molecule has 9 nitrogen and oxygen atoms in total. The Labute approximate surface area is 150 Å². The fraction of sp³-hybridized carbons (Fsp3) is 1.00. The normalized spacial score (nSPS) is 49.6. The van der Waals surface area contributed by atoms with E-state index in [1.807, 2.05) is 0 Å². The summed E-state index contributed by atoms with van der Waals surface area (Å²) in [6.07, 6.45) is 7.21. The Kier molecular flexibility index (Phi) is 5.29. The first-order valence-electron chi connectivity index (χ1n) is 9.90. The van der Waals surface area contributed by atoms with Crippen LogP contribution in [0, 0.1) is 5.92 Å². The molecule has 5 aliphatic rings. The molecule has 0 aromatic rings. The molecule has 0 aromatic heterocycles. The number of nitrogens with two attached hydrogens (primary N) is 2. The van der Waals surface area contributed by atoms with Crippen LogP contribution in [-0.4, -0.2) is 54.5 Å². The zero-order chi connectivity index (χ0) is 17.4. The Balaban J connectivity index is 1.58. The molecule has 0 amide bonds. The van der Waals surface area contributed by atoms with Crippen LogP contribution in [0.1, 0.15) is 45.4 Å². The van der Waals surface area contributed by atoms with Crippen LogP contribution in [0.5, 0.6) is 0 Å². The highest BCUT2D eigenvalue weighted by atomic mass is 15.7. The first-order chi connectivity index (χ1) is 12.0. The lowest BCUT2D eigenvalue weighted by Gasteiger charge is -2.51. The van der Waals surface area contributed by atoms with Crippen molar-refractivity contribution >= 4 is 0 Å². The lowest BCUT2D eigenvalue weighted by Crippen LogP contribution is -2.81. The van der Waals surface area contributed by atoms with Crippen molar-refractivity contribution in [1.29, 1.82) is 0 Å². The molecule has 7 unspecified atom stereocenters. The predicted molar refractivity (Wildman–Crippen MR) is 97.3 cm³/mol. The first kappa shape index (κ1) is 18.0.